The monoisotopic (exact) mass is 414 g/mol. The number of carbonyl (C=O) groups is 1. The van der Waals surface area contributed by atoms with Crippen LogP contribution in [0.15, 0.2) is 29.3 Å². The number of ether oxygens (including phenoxy) is 1. The van der Waals surface area contributed by atoms with Crippen molar-refractivity contribution >= 4 is 17.5 Å². The summed E-state index contributed by atoms with van der Waals surface area (Å²) < 4.78 is 6.31. The smallest absolute Gasteiger partial charge is 0.329 e. The summed E-state index contributed by atoms with van der Waals surface area (Å²) in [5.41, 5.74) is 2.17. The van der Waals surface area contributed by atoms with Gasteiger partial charge in [-0.15, -0.1) is 0 Å². The van der Waals surface area contributed by atoms with Crippen LogP contribution in [0.3, 0.4) is 0 Å². The van der Waals surface area contributed by atoms with Crippen molar-refractivity contribution in [1.82, 2.24) is 0 Å². The van der Waals surface area contributed by atoms with Crippen LogP contribution in [0.1, 0.15) is 72.8 Å². The van der Waals surface area contributed by atoms with Crippen molar-refractivity contribution in [3.8, 4) is 0 Å². The lowest BCUT2D eigenvalue weighted by Crippen LogP contribution is -2.51. The number of aryl methyl sites for hydroxylation is 1. The molecule has 1 aliphatic rings. The van der Waals surface area contributed by atoms with E-state index in [-0.39, 0.29) is 18.0 Å². The molecule has 0 N–H and O–H groups in total. The Kier molecular flexibility index (Phi) is 8.93. The number of hydrogen-bond donors (Lipinski definition) is 0. The Morgan fingerprint density at radius 3 is 2.40 bits per heavy atom. The highest BCUT2D eigenvalue weighted by Crippen LogP contribution is 2.36. The summed E-state index contributed by atoms with van der Waals surface area (Å²) in [7, 11) is 1.81. The lowest BCUT2D eigenvalue weighted by Gasteiger charge is -2.40. The molecule has 1 aliphatic carbocycles. The highest BCUT2D eigenvalue weighted by molar-refractivity contribution is 6.03. The molecule has 1 saturated carbocycles. The van der Waals surface area contributed by atoms with E-state index in [4.69, 9.17) is 4.74 Å². The predicted molar refractivity (Wildman–Crippen MR) is 127 cm³/mol. The van der Waals surface area contributed by atoms with Crippen LogP contribution >= 0.6 is 0 Å². The van der Waals surface area contributed by atoms with Crippen molar-refractivity contribution in [2.45, 2.75) is 86.3 Å². The van der Waals surface area contributed by atoms with Crippen molar-refractivity contribution in [3.05, 3.63) is 29.8 Å². The Balaban J connectivity index is 2.41. The molecule has 0 radical (unpaired) electrons. The number of esters is 1. The first-order valence-corrected chi connectivity index (χ1v) is 11.7. The molecular weight excluding hydrogens is 372 g/mol. The first kappa shape index (κ1) is 24.4. The van der Waals surface area contributed by atoms with Crippen LogP contribution in [0.5, 0.6) is 0 Å². The first-order valence-electron chi connectivity index (χ1n) is 11.7. The minimum absolute atomic E-state index is 0.00450. The van der Waals surface area contributed by atoms with Crippen molar-refractivity contribution in [3.63, 3.8) is 0 Å². The Bertz CT molecular complexity index is 725. The molecular formula is C26H42N2O2. The molecule has 168 valence electrons. The Hall–Kier alpha value is -1.84. The molecule has 0 aromatic heterocycles. The van der Waals surface area contributed by atoms with E-state index in [0.29, 0.717) is 17.8 Å². The van der Waals surface area contributed by atoms with Gasteiger partial charge in [-0.05, 0) is 55.1 Å². The maximum atomic E-state index is 13.7. The van der Waals surface area contributed by atoms with Gasteiger partial charge in [0.25, 0.3) is 0 Å². The van der Waals surface area contributed by atoms with E-state index < -0.39 is 6.04 Å². The molecule has 1 aromatic rings. The number of nitrogens with zero attached hydrogens (tertiary/aromatic N) is 2. The molecule has 0 amide bonds. The molecule has 4 atom stereocenters. The highest BCUT2D eigenvalue weighted by atomic mass is 16.5. The van der Waals surface area contributed by atoms with Crippen molar-refractivity contribution in [2.75, 3.05) is 11.9 Å². The van der Waals surface area contributed by atoms with Gasteiger partial charge in [-0.25, -0.2) is 4.79 Å². The Morgan fingerprint density at radius 2 is 1.87 bits per heavy atom. The van der Waals surface area contributed by atoms with Crippen LogP contribution in [0.4, 0.5) is 5.69 Å². The van der Waals surface area contributed by atoms with E-state index >= 15 is 0 Å². The molecule has 1 aromatic carbocycles. The van der Waals surface area contributed by atoms with E-state index in [0.717, 1.165) is 36.3 Å². The summed E-state index contributed by atoms with van der Waals surface area (Å²) in [6, 6.07) is 7.84. The fraction of sp³-hybridized carbons (Fsp3) is 0.692. The molecule has 0 aliphatic heterocycles. The topological polar surface area (TPSA) is 41.9 Å². The molecule has 4 nitrogen and oxygen atoms in total. The summed E-state index contributed by atoms with van der Waals surface area (Å²) in [5, 5.41) is 0. The number of amidine groups is 1. The van der Waals surface area contributed by atoms with Gasteiger partial charge in [-0.2, -0.15) is 0 Å². The third-order valence-electron chi connectivity index (χ3n) is 6.61. The van der Waals surface area contributed by atoms with Crippen LogP contribution in [0.2, 0.25) is 0 Å². The number of para-hydroxylation sites is 1. The minimum Gasteiger partial charge on any atom is -0.461 e. The van der Waals surface area contributed by atoms with Gasteiger partial charge in [0.1, 0.15) is 18.0 Å². The van der Waals surface area contributed by atoms with Gasteiger partial charge < -0.3 is 9.64 Å². The predicted octanol–water partition coefficient (Wildman–Crippen LogP) is 6.27. The van der Waals surface area contributed by atoms with E-state index in [9.17, 15) is 4.79 Å². The molecule has 2 rings (SSSR count). The fourth-order valence-corrected chi connectivity index (χ4v) is 4.86. The summed E-state index contributed by atoms with van der Waals surface area (Å²) >= 11 is 0. The lowest BCUT2D eigenvalue weighted by atomic mass is 9.75. The largest absolute Gasteiger partial charge is 0.461 e. The number of benzene rings is 1. The zero-order valence-electron chi connectivity index (χ0n) is 20.3. The number of hydrogen-bond acceptors (Lipinski definition) is 3. The average Bonchev–Trinajstić information content (AvgIpc) is 2.68. The molecule has 30 heavy (non-hydrogen) atoms. The second-order valence-electron chi connectivity index (χ2n) is 9.64. The average molecular weight is 415 g/mol. The van der Waals surface area contributed by atoms with Crippen molar-refractivity contribution in [1.29, 1.82) is 0 Å². The van der Waals surface area contributed by atoms with E-state index in [2.05, 4.69) is 70.5 Å². The second-order valence-corrected chi connectivity index (χ2v) is 9.64. The van der Waals surface area contributed by atoms with Gasteiger partial charge in [-0.1, -0.05) is 66.2 Å². The quantitative estimate of drug-likeness (QED) is 0.300. The first-order chi connectivity index (χ1) is 14.2. The maximum Gasteiger partial charge on any atom is 0.329 e. The molecule has 0 bridgehead atoms. The molecule has 1 fully saturated rings. The van der Waals surface area contributed by atoms with Crippen molar-refractivity contribution < 1.29 is 9.53 Å². The number of aliphatic imine (C=N–C) groups is 1. The number of carbonyl (C=O) groups excluding carboxylic acids is 1. The van der Waals surface area contributed by atoms with Gasteiger partial charge in [-0.3, -0.25) is 4.99 Å². The van der Waals surface area contributed by atoms with Crippen LogP contribution in [-0.4, -0.2) is 31.0 Å². The van der Waals surface area contributed by atoms with Gasteiger partial charge >= 0.3 is 5.97 Å². The highest BCUT2D eigenvalue weighted by Gasteiger charge is 2.39. The summed E-state index contributed by atoms with van der Waals surface area (Å²) in [6.07, 6.45) is 4.09. The van der Waals surface area contributed by atoms with E-state index in [1.165, 1.54) is 6.42 Å². The minimum atomic E-state index is -0.394. The zero-order chi connectivity index (χ0) is 22.4. The molecule has 0 heterocycles. The molecule has 0 unspecified atom stereocenters. The van der Waals surface area contributed by atoms with Crippen LogP contribution in [-0.2, 0) is 9.53 Å². The van der Waals surface area contributed by atoms with Crippen LogP contribution in [0.25, 0.3) is 0 Å². The lowest BCUT2D eigenvalue weighted by molar-refractivity contribution is -0.158. The summed E-state index contributed by atoms with van der Waals surface area (Å²) in [5.74, 6) is 2.45. The number of anilines is 1. The normalized spacial score (nSPS) is 23.5. The number of rotatable bonds is 7. The zero-order valence-corrected chi connectivity index (χ0v) is 20.3. The van der Waals surface area contributed by atoms with E-state index in [1.807, 2.05) is 19.2 Å². The van der Waals surface area contributed by atoms with Gasteiger partial charge in [0.05, 0.1) is 0 Å². The summed E-state index contributed by atoms with van der Waals surface area (Å²) in [6.45, 7) is 15.2. The third-order valence-corrected chi connectivity index (χ3v) is 6.61. The Labute approximate surface area is 184 Å². The molecule has 0 spiro atoms. The maximum absolute atomic E-state index is 13.7. The molecule has 4 heteroatoms. The van der Waals surface area contributed by atoms with Crippen molar-refractivity contribution in [2.24, 2.45) is 28.7 Å². The third kappa shape index (κ3) is 5.65. The van der Waals surface area contributed by atoms with E-state index in [1.54, 1.807) is 0 Å². The van der Waals surface area contributed by atoms with Gasteiger partial charge in [0, 0.05) is 19.2 Å². The van der Waals surface area contributed by atoms with Crippen LogP contribution < -0.4 is 4.90 Å². The Morgan fingerprint density at radius 1 is 1.20 bits per heavy atom. The van der Waals surface area contributed by atoms with Gasteiger partial charge in [0.15, 0.2) is 0 Å². The SMILES string of the molecule is CCC(=NC)N(c1ccccc1C)[C@@H](C(=O)O[C@@H]1C[C@H](C)CC[C@H]1C(C)C)C(C)C. The van der Waals surface area contributed by atoms with Crippen LogP contribution in [0, 0.1) is 30.6 Å². The summed E-state index contributed by atoms with van der Waals surface area (Å²) in [4.78, 5) is 20.3. The standard InChI is InChI=1S/C26H42N2O2/c1-9-24(27-8)28(22-13-11-10-12-20(22)7)25(18(4)5)26(29)30-23-16-19(6)14-15-21(23)17(2)3/h10-13,17-19,21,23,25H,9,14-16H2,1-8H3/t19-,21+,23-,25-/m1/s1. The molecule has 0 saturated heterocycles. The second kappa shape index (κ2) is 11.0. The van der Waals surface area contributed by atoms with Gasteiger partial charge in [0.2, 0.25) is 0 Å². The fourth-order valence-electron chi connectivity index (χ4n) is 4.86.